The molecule has 6 rings (SSSR count). The van der Waals surface area contributed by atoms with Crippen LogP contribution in [0.1, 0.15) is 42.9 Å². The molecule has 2 atom stereocenters. The molecule has 0 bridgehead atoms. The summed E-state index contributed by atoms with van der Waals surface area (Å²) in [5.74, 6) is -0.318. The van der Waals surface area contributed by atoms with Crippen molar-refractivity contribution in [2.45, 2.75) is 44.3 Å². The molecule has 37 heavy (non-hydrogen) atoms. The van der Waals surface area contributed by atoms with Gasteiger partial charge < -0.3 is 19.6 Å². The first kappa shape index (κ1) is 24.5. The SMILES string of the molecule is OCC1CCCN1Cc1cc(C2CCCN2c2cc(F)cc(F)c2)c2nc(N3CCOCC3)cnc2c1. The van der Waals surface area contributed by atoms with E-state index in [-0.39, 0.29) is 18.7 Å². The molecule has 7 nitrogen and oxygen atoms in total. The summed E-state index contributed by atoms with van der Waals surface area (Å²) in [7, 11) is 0. The number of aliphatic hydroxyl groups excluding tert-OH is 1. The first-order chi connectivity index (χ1) is 18.1. The van der Waals surface area contributed by atoms with Crippen molar-refractivity contribution < 1.29 is 18.6 Å². The standard InChI is InChI=1S/C28H33F2N5O2/c29-20-13-21(30)15-23(14-20)35-6-2-4-26(35)24-11-19(17-34-5-1-3-22(34)18-36)12-25-28(24)32-27(16-31-25)33-7-9-37-10-8-33/h11-16,22,26,36H,1-10,17-18H2. The molecule has 9 heteroatoms. The van der Waals surface area contributed by atoms with Crippen molar-refractivity contribution in [1.29, 1.82) is 0 Å². The normalized spacial score (nSPS) is 22.9. The summed E-state index contributed by atoms with van der Waals surface area (Å²) in [6, 6.07) is 8.15. The molecular formula is C28H33F2N5O2. The van der Waals surface area contributed by atoms with Crippen LogP contribution in [0.15, 0.2) is 36.5 Å². The van der Waals surface area contributed by atoms with Crippen LogP contribution < -0.4 is 9.80 Å². The molecular weight excluding hydrogens is 476 g/mol. The van der Waals surface area contributed by atoms with Gasteiger partial charge in [-0.1, -0.05) is 6.07 Å². The summed E-state index contributed by atoms with van der Waals surface area (Å²) < 4.78 is 33.8. The lowest BCUT2D eigenvalue weighted by atomic mass is 9.98. The van der Waals surface area contributed by atoms with Crippen molar-refractivity contribution in [3.8, 4) is 0 Å². The average Bonchev–Trinajstić information content (AvgIpc) is 3.57. The summed E-state index contributed by atoms with van der Waals surface area (Å²) >= 11 is 0. The highest BCUT2D eigenvalue weighted by atomic mass is 19.1. The largest absolute Gasteiger partial charge is 0.395 e. The van der Waals surface area contributed by atoms with E-state index in [2.05, 4.69) is 26.8 Å². The first-order valence-corrected chi connectivity index (χ1v) is 13.3. The van der Waals surface area contributed by atoms with Crippen molar-refractivity contribution >= 4 is 22.5 Å². The second-order valence-corrected chi connectivity index (χ2v) is 10.3. The van der Waals surface area contributed by atoms with Crippen LogP contribution in [0.2, 0.25) is 0 Å². The molecule has 2 unspecified atom stereocenters. The summed E-state index contributed by atoms with van der Waals surface area (Å²) in [5, 5.41) is 9.83. The monoisotopic (exact) mass is 509 g/mol. The van der Waals surface area contributed by atoms with Gasteiger partial charge in [-0.15, -0.1) is 0 Å². The van der Waals surface area contributed by atoms with Crippen LogP contribution in [0, 0.1) is 11.6 Å². The lowest BCUT2D eigenvalue weighted by Gasteiger charge is -2.30. The molecule has 196 valence electrons. The fourth-order valence-electron chi connectivity index (χ4n) is 6.13. The number of likely N-dealkylation sites (tertiary alicyclic amines) is 1. The van der Waals surface area contributed by atoms with Gasteiger partial charge in [0.2, 0.25) is 0 Å². The zero-order chi connectivity index (χ0) is 25.4. The maximum Gasteiger partial charge on any atom is 0.148 e. The predicted molar refractivity (Wildman–Crippen MR) is 139 cm³/mol. The minimum atomic E-state index is -0.572. The van der Waals surface area contributed by atoms with Gasteiger partial charge >= 0.3 is 0 Å². The number of nitrogens with zero attached hydrogens (tertiary/aromatic N) is 5. The van der Waals surface area contributed by atoms with Crippen LogP contribution in [0.5, 0.6) is 0 Å². The molecule has 3 saturated heterocycles. The highest BCUT2D eigenvalue weighted by Crippen LogP contribution is 2.40. The molecule has 2 aromatic carbocycles. The van der Waals surface area contributed by atoms with E-state index in [1.54, 1.807) is 0 Å². The van der Waals surface area contributed by atoms with Crippen LogP contribution in [-0.2, 0) is 11.3 Å². The van der Waals surface area contributed by atoms with Gasteiger partial charge in [0.05, 0.1) is 43.1 Å². The van der Waals surface area contributed by atoms with Gasteiger partial charge in [0, 0.05) is 49.5 Å². The number of aliphatic hydroxyl groups is 1. The van der Waals surface area contributed by atoms with Gasteiger partial charge in [-0.05, 0) is 56.0 Å². The second kappa shape index (κ2) is 10.5. The molecule has 3 fully saturated rings. The molecule has 4 heterocycles. The molecule has 3 aliphatic rings. The zero-order valence-electron chi connectivity index (χ0n) is 21.0. The Labute approximate surface area is 215 Å². The van der Waals surface area contributed by atoms with E-state index in [0.29, 0.717) is 25.4 Å². The third kappa shape index (κ3) is 5.00. The van der Waals surface area contributed by atoms with E-state index in [1.807, 2.05) is 6.20 Å². The number of aromatic nitrogens is 2. The zero-order valence-corrected chi connectivity index (χ0v) is 21.0. The molecule has 3 aromatic rings. The first-order valence-electron chi connectivity index (χ1n) is 13.3. The second-order valence-electron chi connectivity index (χ2n) is 10.3. The lowest BCUT2D eigenvalue weighted by Crippen LogP contribution is -2.36. The Morgan fingerprint density at radius 1 is 0.946 bits per heavy atom. The number of anilines is 2. The van der Waals surface area contributed by atoms with Crippen LogP contribution in [0.25, 0.3) is 11.0 Å². The Hall–Kier alpha value is -2.88. The number of benzene rings is 2. The van der Waals surface area contributed by atoms with Gasteiger partial charge in [0.25, 0.3) is 0 Å². The Bertz CT molecular complexity index is 1250. The van der Waals surface area contributed by atoms with E-state index in [4.69, 9.17) is 14.7 Å². The van der Waals surface area contributed by atoms with Gasteiger partial charge in [0.1, 0.15) is 17.5 Å². The van der Waals surface area contributed by atoms with Gasteiger partial charge in [-0.2, -0.15) is 0 Å². The van der Waals surface area contributed by atoms with Crippen LogP contribution in [0.3, 0.4) is 0 Å². The van der Waals surface area contributed by atoms with Crippen LogP contribution in [0.4, 0.5) is 20.3 Å². The number of halogens is 2. The van der Waals surface area contributed by atoms with E-state index >= 15 is 0 Å². The van der Waals surface area contributed by atoms with E-state index in [0.717, 1.165) is 85.9 Å². The average molecular weight is 510 g/mol. The van der Waals surface area contributed by atoms with Crippen molar-refractivity contribution in [1.82, 2.24) is 14.9 Å². The maximum atomic E-state index is 14.2. The topological polar surface area (TPSA) is 65.0 Å². The number of hydrogen-bond donors (Lipinski definition) is 1. The molecule has 1 aromatic heterocycles. The highest BCUT2D eigenvalue weighted by molar-refractivity contribution is 5.81. The highest BCUT2D eigenvalue weighted by Gasteiger charge is 2.31. The maximum absolute atomic E-state index is 14.2. The molecule has 0 saturated carbocycles. The quantitative estimate of drug-likeness (QED) is 0.538. The van der Waals surface area contributed by atoms with Crippen molar-refractivity contribution in [2.75, 3.05) is 55.8 Å². The third-order valence-electron chi connectivity index (χ3n) is 7.95. The molecule has 0 radical (unpaired) electrons. The minimum Gasteiger partial charge on any atom is -0.395 e. The smallest absolute Gasteiger partial charge is 0.148 e. The van der Waals surface area contributed by atoms with Gasteiger partial charge in [-0.25, -0.2) is 13.8 Å². The number of morpholine rings is 1. The van der Waals surface area contributed by atoms with Crippen molar-refractivity contribution in [2.24, 2.45) is 0 Å². The van der Waals surface area contributed by atoms with E-state index < -0.39 is 11.6 Å². The Morgan fingerprint density at radius 3 is 2.51 bits per heavy atom. The Kier molecular flexibility index (Phi) is 6.92. The number of fused-ring (bicyclic) bond motifs is 1. The third-order valence-corrected chi connectivity index (χ3v) is 7.95. The number of rotatable bonds is 6. The van der Waals surface area contributed by atoms with E-state index in [1.165, 1.54) is 12.1 Å². The predicted octanol–water partition coefficient (Wildman–Crippen LogP) is 4.04. The summed E-state index contributed by atoms with van der Waals surface area (Å²) in [4.78, 5) is 16.5. The minimum absolute atomic E-state index is 0.0647. The Balaban J connectivity index is 1.43. The fraction of sp³-hybridized carbons (Fsp3) is 0.500. The Morgan fingerprint density at radius 2 is 1.73 bits per heavy atom. The molecule has 3 aliphatic heterocycles. The van der Waals surface area contributed by atoms with Gasteiger partial charge in [0.15, 0.2) is 0 Å². The molecule has 0 amide bonds. The lowest BCUT2D eigenvalue weighted by molar-refractivity contribution is 0.122. The molecule has 1 N–H and O–H groups in total. The fourth-order valence-corrected chi connectivity index (χ4v) is 6.13. The van der Waals surface area contributed by atoms with Crippen molar-refractivity contribution in [3.05, 3.63) is 59.3 Å². The molecule has 0 spiro atoms. The van der Waals surface area contributed by atoms with Crippen molar-refractivity contribution in [3.63, 3.8) is 0 Å². The van der Waals surface area contributed by atoms with E-state index in [9.17, 15) is 13.9 Å². The number of ether oxygens (including phenoxy) is 1. The number of hydrogen-bond acceptors (Lipinski definition) is 7. The van der Waals surface area contributed by atoms with Crippen LogP contribution in [-0.4, -0.2) is 72.0 Å². The summed E-state index contributed by atoms with van der Waals surface area (Å²) in [6.07, 6.45) is 5.70. The molecule has 0 aliphatic carbocycles. The summed E-state index contributed by atoms with van der Waals surface area (Å²) in [6.45, 7) is 5.41. The summed E-state index contributed by atoms with van der Waals surface area (Å²) in [5.41, 5.74) is 4.37. The van der Waals surface area contributed by atoms with Crippen LogP contribution >= 0.6 is 0 Å². The van der Waals surface area contributed by atoms with Gasteiger partial charge in [-0.3, -0.25) is 9.88 Å².